The Bertz CT molecular complexity index is 866. The van der Waals surface area contributed by atoms with Crippen LogP contribution in [-0.4, -0.2) is 29.0 Å². The van der Waals surface area contributed by atoms with Gasteiger partial charge in [0, 0.05) is 0 Å². The minimum atomic E-state index is 0.425. The maximum atomic E-state index is 5.79. The maximum Gasteiger partial charge on any atom is 0.203 e. The Morgan fingerprint density at radius 2 is 1.83 bits per heavy atom. The molecule has 0 radical (unpaired) electrons. The van der Waals surface area contributed by atoms with Crippen LogP contribution >= 0.6 is 12.2 Å². The van der Waals surface area contributed by atoms with Gasteiger partial charge < -0.3 is 13.9 Å². The highest BCUT2D eigenvalue weighted by atomic mass is 32.1. The predicted octanol–water partition coefficient (Wildman–Crippen LogP) is 3.82. The summed E-state index contributed by atoms with van der Waals surface area (Å²) in [6, 6.07) is 7.47. The zero-order chi connectivity index (χ0) is 16.6. The van der Waals surface area contributed by atoms with Gasteiger partial charge in [0.05, 0.1) is 14.2 Å². The average Bonchev–Trinajstić information content (AvgIpc) is 3.09. The first kappa shape index (κ1) is 15.4. The van der Waals surface area contributed by atoms with E-state index in [-0.39, 0.29) is 0 Å². The molecular weight excluding hydrogens is 314 g/mol. The summed E-state index contributed by atoms with van der Waals surface area (Å²) in [6.07, 6.45) is 0. The molecule has 0 aliphatic carbocycles. The van der Waals surface area contributed by atoms with Crippen molar-refractivity contribution >= 4 is 12.2 Å². The quantitative estimate of drug-likeness (QED) is 0.736. The molecule has 23 heavy (non-hydrogen) atoms. The van der Waals surface area contributed by atoms with Crippen molar-refractivity contribution in [1.29, 1.82) is 0 Å². The molecule has 1 aromatic carbocycles. The Morgan fingerprint density at radius 1 is 1.17 bits per heavy atom. The molecule has 0 atom stereocenters. The number of nitrogens with one attached hydrogen (secondary N) is 1. The number of hydrogen-bond acceptors (Lipinski definition) is 5. The van der Waals surface area contributed by atoms with Gasteiger partial charge in [-0.2, -0.15) is 5.10 Å². The number of H-pyrrole nitrogens is 1. The third-order valence-electron chi connectivity index (χ3n) is 3.68. The first-order valence-corrected chi connectivity index (χ1v) is 7.43. The minimum absolute atomic E-state index is 0.425. The highest BCUT2D eigenvalue weighted by Crippen LogP contribution is 2.36. The molecule has 0 bridgehead atoms. The third kappa shape index (κ3) is 2.53. The summed E-state index contributed by atoms with van der Waals surface area (Å²) >= 11 is 5.40. The van der Waals surface area contributed by atoms with Crippen LogP contribution in [0.4, 0.5) is 0 Å². The van der Waals surface area contributed by atoms with Crippen LogP contribution in [0.5, 0.6) is 11.5 Å². The second kappa shape index (κ2) is 5.92. The fraction of sp³-hybridized carbons (Fsp3) is 0.250. The van der Waals surface area contributed by atoms with E-state index < -0.39 is 0 Å². The molecule has 0 saturated heterocycles. The van der Waals surface area contributed by atoms with Crippen LogP contribution in [0.25, 0.3) is 17.3 Å². The number of ether oxygens (including phenoxy) is 2. The van der Waals surface area contributed by atoms with E-state index in [9.17, 15) is 0 Å². The molecule has 0 spiro atoms. The lowest BCUT2D eigenvalue weighted by Crippen LogP contribution is -2.03. The summed E-state index contributed by atoms with van der Waals surface area (Å²) in [5.41, 5.74) is 1.73. The lowest BCUT2D eigenvalue weighted by atomic mass is 10.2. The highest BCUT2D eigenvalue weighted by molar-refractivity contribution is 7.71. The van der Waals surface area contributed by atoms with Crippen molar-refractivity contribution in [2.75, 3.05) is 14.2 Å². The van der Waals surface area contributed by atoms with E-state index in [1.165, 1.54) is 0 Å². The smallest absolute Gasteiger partial charge is 0.203 e. The number of aromatic nitrogens is 3. The van der Waals surface area contributed by atoms with Crippen molar-refractivity contribution in [3.8, 4) is 28.8 Å². The monoisotopic (exact) mass is 331 g/mol. The highest BCUT2D eigenvalue weighted by Gasteiger charge is 2.21. The third-order valence-corrected chi connectivity index (χ3v) is 3.96. The van der Waals surface area contributed by atoms with Crippen LogP contribution in [0.15, 0.2) is 28.7 Å². The first-order valence-electron chi connectivity index (χ1n) is 7.03. The standard InChI is InChI=1S/C16H17N3O3S/c1-9-8-13(22-10(9)2)15-17-18-16(23)19(15)14-11(20-3)6-5-7-12(14)21-4/h5-8H,1-4H3,(H,18,23). The fourth-order valence-electron chi connectivity index (χ4n) is 2.41. The van der Waals surface area contributed by atoms with Crippen LogP contribution in [0.2, 0.25) is 0 Å². The summed E-state index contributed by atoms with van der Waals surface area (Å²) in [7, 11) is 3.20. The van der Waals surface area contributed by atoms with E-state index in [0.717, 1.165) is 11.3 Å². The molecule has 0 aliphatic rings. The van der Waals surface area contributed by atoms with E-state index in [0.29, 0.717) is 33.5 Å². The molecule has 0 unspecified atom stereocenters. The number of hydrogen-bond donors (Lipinski definition) is 1. The molecule has 0 saturated carbocycles. The SMILES string of the molecule is COc1cccc(OC)c1-n1c(-c2cc(C)c(C)o2)n[nH]c1=S. The van der Waals surface area contributed by atoms with Gasteiger partial charge in [-0.25, -0.2) is 0 Å². The van der Waals surface area contributed by atoms with E-state index >= 15 is 0 Å². The summed E-state index contributed by atoms with van der Waals surface area (Å²) in [4.78, 5) is 0. The average molecular weight is 331 g/mol. The number of aryl methyl sites for hydroxylation is 2. The summed E-state index contributed by atoms with van der Waals surface area (Å²) in [5, 5.41) is 7.12. The minimum Gasteiger partial charge on any atom is -0.494 e. The number of nitrogens with zero attached hydrogens (tertiary/aromatic N) is 2. The van der Waals surface area contributed by atoms with Crippen molar-refractivity contribution in [3.05, 3.63) is 40.4 Å². The van der Waals surface area contributed by atoms with Crippen molar-refractivity contribution in [1.82, 2.24) is 14.8 Å². The van der Waals surface area contributed by atoms with Crippen molar-refractivity contribution in [2.24, 2.45) is 0 Å². The second-order valence-electron chi connectivity index (χ2n) is 5.05. The fourth-order valence-corrected chi connectivity index (χ4v) is 2.63. The zero-order valence-electron chi connectivity index (χ0n) is 13.3. The largest absolute Gasteiger partial charge is 0.494 e. The lowest BCUT2D eigenvalue weighted by Gasteiger charge is -2.14. The van der Waals surface area contributed by atoms with Gasteiger partial charge in [-0.05, 0) is 49.8 Å². The Morgan fingerprint density at radius 3 is 2.35 bits per heavy atom. The first-order chi connectivity index (χ1) is 11.1. The lowest BCUT2D eigenvalue weighted by molar-refractivity contribution is 0.391. The van der Waals surface area contributed by atoms with Gasteiger partial charge in [0.25, 0.3) is 0 Å². The van der Waals surface area contributed by atoms with Gasteiger partial charge in [0.15, 0.2) is 10.5 Å². The molecule has 2 aromatic heterocycles. The molecule has 0 amide bonds. The van der Waals surface area contributed by atoms with Gasteiger partial charge in [-0.15, -0.1) is 0 Å². The van der Waals surface area contributed by atoms with Gasteiger partial charge in [-0.3, -0.25) is 9.67 Å². The van der Waals surface area contributed by atoms with Crippen LogP contribution in [0.3, 0.4) is 0 Å². The van der Waals surface area contributed by atoms with Crippen LogP contribution in [0, 0.1) is 18.6 Å². The summed E-state index contributed by atoms with van der Waals surface area (Å²) < 4.78 is 18.9. The maximum absolute atomic E-state index is 5.79. The Kier molecular flexibility index (Phi) is 3.96. The zero-order valence-corrected chi connectivity index (χ0v) is 14.2. The van der Waals surface area contributed by atoms with Gasteiger partial charge in [0.1, 0.15) is 22.9 Å². The van der Waals surface area contributed by atoms with Crippen LogP contribution < -0.4 is 9.47 Å². The molecule has 7 heteroatoms. The van der Waals surface area contributed by atoms with E-state index in [2.05, 4.69) is 10.2 Å². The number of benzene rings is 1. The molecule has 2 heterocycles. The molecule has 6 nitrogen and oxygen atoms in total. The Labute approximate surface area is 138 Å². The van der Waals surface area contributed by atoms with Crippen LogP contribution in [-0.2, 0) is 0 Å². The van der Waals surface area contributed by atoms with Crippen molar-refractivity contribution in [2.45, 2.75) is 13.8 Å². The summed E-state index contributed by atoms with van der Waals surface area (Å²) in [6.45, 7) is 3.89. The second-order valence-corrected chi connectivity index (χ2v) is 5.44. The van der Waals surface area contributed by atoms with Crippen LogP contribution in [0.1, 0.15) is 11.3 Å². The number of aromatic amines is 1. The topological polar surface area (TPSA) is 65.2 Å². The number of furan rings is 1. The Balaban J connectivity index is 2.30. The molecule has 0 fully saturated rings. The number of rotatable bonds is 4. The molecule has 0 aliphatic heterocycles. The molecule has 3 aromatic rings. The molecule has 3 rings (SSSR count). The molecular formula is C16H17N3O3S. The van der Waals surface area contributed by atoms with E-state index in [4.69, 9.17) is 26.1 Å². The normalized spacial score (nSPS) is 10.8. The number of methoxy groups -OCH3 is 2. The van der Waals surface area contributed by atoms with Crippen molar-refractivity contribution < 1.29 is 13.9 Å². The predicted molar refractivity (Wildman–Crippen MR) is 89.0 cm³/mol. The molecule has 1 N–H and O–H groups in total. The van der Waals surface area contributed by atoms with E-state index in [1.54, 1.807) is 18.8 Å². The van der Waals surface area contributed by atoms with Gasteiger partial charge in [-0.1, -0.05) is 6.07 Å². The summed E-state index contributed by atoms with van der Waals surface area (Å²) in [5.74, 6) is 3.29. The van der Waals surface area contributed by atoms with Crippen molar-refractivity contribution in [3.63, 3.8) is 0 Å². The van der Waals surface area contributed by atoms with Gasteiger partial charge in [0.2, 0.25) is 5.82 Å². The van der Waals surface area contributed by atoms with E-state index in [1.807, 2.05) is 38.1 Å². The Hall–Kier alpha value is -2.54. The number of para-hydroxylation sites is 1. The van der Waals surface area contributed by atoms with Gasteiger partial charge >= 0.3 is 0 Å². The molecule has 120 valence electrons.